The van der Waals surface area contributed by atoms with Crippen LogP contribution in [0.25, 0.3) is 44.1 Å². The van der Waals surface area contributed by atoms with Gasteiger partial charge in [0.25, 0.3) is 11.8 Å². The summed E-state index contributed by atoms with van der Waals surface area (Å²) in [7, 11) is 0. The summed E-state index contributed by atoms with van der Waals surface area (Å²) < 4.78 is 179. The Hall–Kier alpha value is -8.14. The fourth-order valence-electron chi connectivity index (χ4n) is 10.4. The van der Waals surface area contributed by atoms with Crippen LogP contribution in [0.15, 0.2) is 109 Å². The number of carboxylic acids is 2. The second-order valence-corrected chi connectivity index (χ2v) is 21.8. The number of anilines is 2. The first-order valence-corrected chi connectivity index (χ1v) is 27.9. The van der Waals surface area contributed by atoms with Crippen molar-refractivity contribution in [2.24, 2.45) is 0 Å². The van der Waals surface area contributed by atoms with Gasteiger partial charge in [-0.3, -0.25) is 19.6 Å². The van der Waals surface area contributed by atoms with Gasteiger partial charge in [-0.15, -0.1) is 0 Å². The van der Waals surface area contributed by atoms with Crippen LogP contribution in [0.1, 0.15) is 31.8 Å². The molecule has 1 unspecified atom stereocenters. The van der Waals surface area contributed by atoms with E-state index in [1.165, 1.54) is 24.5 Å². The number of ether oxygens (including phenoxy) is 2. The van der Waals surface area contributed by atoms with Crippen LogP contribution in [0.2, 0.25) is 20.1 Å². The fraction of sp³-hybridized carbons (Fsp3) is 0.233. The minimum absolute atomic E-state index is 0.0196. The Balaban J connectivity index is 0.000000213. The average molecular weight is 1340 g/mol. The summed E-state index contributed by atoms with van der Waals surface area (Å²) in [6.07, 6.45) is -7.42. The summed E-state index contributed by atoms with van der Waals surface area (Å²) >= 11 is 25.1. The molecule has 2 aromatic heterocycles. The molecule has 90 heavy (non-hydrogen) atoms. The molecule has 4 N–H and O–H groups in total. The van der Waals surface area contributed by atoms with Crippen LogP contribution < -0.4 is 20.4 Å². The number of morpholine rings is 2. The van der Waals surface area contributed by atoms with Crippen LogP contribution in [0.4, 0.5) is 64.1 Å². The zero-order valence-corrected chi connectivity index (χ0v) is 48.6. The van der Waals surface area contributed by atoms with Crippen LogP contribution in [-0.4, -0.2) is 120 Å². The van der Waals surface area contributed by atoms with E-state index in [4.69, 9.17) is 55.9 Å². The van der Waals surface area contributed by atoms with Gasteiger partial charge in [0.05, 0.1) is 57.6 Å². The van der Waals surface area contributed by atoms with Crippen LogP contribution in [0, 0.1) is 34.9 Å². The Kier molecular flexibility index (Phi) is 20.0. The van der Waals surface area contributed by atoms with E-state index in [0.29, 0.717) is 79.5 Å². The molecular formula is C60H42Cl4F12N6O8. The number of halogens is 16. The quantitative estimate of drug-likeness (QED) is 0.0757. The third-order valence-electron chi connectivity index (χ3n) is 14.5. The number of amides is 2. The summed E-state index contributed by atoms with van der Waals surface area (Å²) in [4.78, 5) is 60.3. The number of rotatable bonds is 14. The highest BCUT2D eigenvalue weighted by Gasteiger charge is 2.47. The molecule has 0 bridgehead atoms. The van der Waals surface area contributed by atoms with E-state index < -0.39 is 131 Å². The highest BCUT2D eigenvalue weighted by Crippen LogP contribution is 2.42. The number of hydrogen-bond donors (Lipinski definition) is 4. The van der Waals surface area contributed by atoms with Crippen molar-refractivity contribution in [2.75, 3.05) is 49.3 Å². The Morgan fingerprint density at radius 3 is 1.18 bits per heavy atom. The number of aliphatic carboxylic acids is 2. The first kappa shape index (κ1) is 66.3. The molecule has 8 aromatic rings. The van der Waals surface area contributed by atoms with Gasteiger partial charge in [-0.25, -0.2) is 35.9 Å². The lowest BCUT2D eigenvalue weighted by Gasteiger charge is -2.38. The molecule has 2 saturated heterocycles. The number of aromatic nitrogens is 2. The van der Waals surface area contributed by atoms with Gasteiger partial charge in [0.15, 0.2) is 0 Å². The lowest BCUT2D eigenvalue weighted by Crippen LogP contribution is -2.53. The predicted molar refractivity (Wildman–Crippen MR) is 308 cm³/mol. The molecule has 0 radical (unpaired) electrons. The molecule has 2 aliphatic heterocycles. The molecule has 4 heterocycles. The number of alkyl halides is 6. The van der Waals surface area contributed by atoms with Crippen LogP contribution in [0.3, 0.4) is 0 Å². The van der Waals surface area contributed by atoms with Crippen molar-refractivity contribution in [2.45, 2.75) is 49.4 Å². The highest BCUT2D eigenvalue weighted by molar-refractivity contribution is 6.40. The van der Waals surface area contributed by atoms with Gasteiger partial charge in [-0.2, -0.15) is 26.3 Å². The van der Waals surface area contributed by atoms with Gasteiger partial charge in [0, 0.05) is 71.6 Å². The van der Waals surface area contributed by atoms with E-state index in [9.17, 15) is 64.5 Å². The second kappa shape index (κ2) is 27.1. The third kappa shape index (κ3) is 14.4. The first-order chi connectivity index (χ1) is 42.5. The standard InChI is InChI=1S/2C30H21Cl2F6N3O4/c2*31-19-9-15(33)10-20(32)25(19)17-4-3-14(27-18(17)2-1-5-39-27)8-23(29(43)44)40-28(42)26-21(34)11-16(12-22(26)35)41-6-7-45-13-24(41)30(36,37)38/h2*1-5,9-12,23-24H,6-8,13H2,(H,40,42)(H,43,44)/t23-,24?;23-,24+/m00/s1. The third-order valence-corrected chi connectivity index (χ3v) is 15.7. The zero-order chi connectivity index (χ0) is 65.3. The summed E-state index contributed by atoms with van der Waals surface area (Å²) in [5.41, 5.74) is -0.493. The van der Waals surface area contributed by atoms with Crippen LogP contribution in [-0.2, 0) is 31.9 Å². The first-order valence-electron chi connectivity index (χ1n) is 26.4. The molecule has 0 saturated carbocycles. The van der Waals surface area contributed by atoms with Gasteiger partial charge >= 0.3 is 24.3 Å². The molecule has 10 rings (SSSR count). The predicted octanol–water partition coefficient (Wildman–Crippen LogP) is 13.6. The number of nitrogens with one attached hydrogen (secondary N) is 2. The minimum Gasteiger partial charge on any atom is -0.480 e. The normalized spacial score (nSPS) is 16.1. The summed E-state index contributed by atoms with van der Waals surface area (Å²) in [5, 5.41) is 24.9. The molecule has 2 fully saturated rings. The molecule has 30 heteroatoms. The Bertz CT molecular complexity index is 3780. The molecular weight excluding hydrogens is 1300 g/mol. The number of benzene rings is 6. The van der Waals surface area contributed by atoms with Crippen molar-refractivity contribution in [3.05, 3.63) is 187 Å². The zero-order valence-electron chi connectivity index (χ0n) is 45.5. The van der Waals surface area contributed by atoms with E-state index in [-0.39, 0.29) is 59.2 Å². The molecule has 4 atom stereocenters. The molecule has 0 spiro atoms. The Morgan fingerprint density at radius 1 is 0.533 bits per heavy atom. The maximum atomic E-state index is 15.1. The second-order valence-electron chi connectivity index (χ2n) is 20.2. The van der Waals surface area contributed by atoms with Gasteiger partial charge in [-0.05, 0) is 82.9 Å². The van der Waals surface area contributed by atoms with Crippen LogP contribution in [0.5, 0.6) is 0 Å². The van der Waals surface area contributed by atoms with Crippen molar-refractivity contribution in [1.82, 2.24) is 20.6 Å². The fourth-order valence-corrected chi connectivity index (χ4v) is 11.7. The largest absolute Gasteiger partial charge is 0.480 e. The summed E-state index contributed by atoms with van der Waals surface area (Å²) in [5.74, 6) is -13.2. The lowest BCUT2D eigenvalue weighted by molar-refractivity contribution is -0.167. The Labute approximate surface area is 520 Å². The van der Waals surface area contributed by atoms with Crippen molar-refractivity contribution in [3.8, 4) is 22.3 Å². The topological polar surface area (TPSA) is 184 Å². The SMILES string of the molecule is O=C(N[C@@H](Cc1ccc(-c2c(Cl)cc(F)cc2Cl)c2cccnc12)C(=O)O)c1c(F)cc(N2CCOCC2C(F)(F)F)cc1F.O=C(N[C@@H](Cc1ccc(-c2c(Cl)cc(F)cc2Cl)c2cccnc12)C(=O)O)c1c(F)cc(N2CCOC[C@@H]2C(F)(F)F)cc1F. The maximum absolute atomic E-state index is 15.1. The smallest absolute Gasteiger partial charge is 0.411 e. The molecule has 2 amide bonds. The van der Waals surface area contributed by atoms with Crippen molar-refractivity contribution in [1.29, 1.82) is 0 Å². The van der Waals surface area contributed by atoms with E-state index >= 15 is 17.6 Å². The monoisotopic (exact) mass is 1340 g/mol. The Morgan fingerprint density at radius 2 is 0.867 bits per heavy atom. The summed E-state index contributed by atoms with van der Waals surface area (Å²) in [6, 6.07) is 11.5. The van der Waals surface area contributed by atoms with E-state index in [0.717, 1.165) is 34.1 Å². The van der Waals surface area contributed by atoms with Crippen molar-refractivity contribution in [3.63, 3.8) is 0 Å². The van der Waals surface area contributed by atoms with E-state index in [1.54, 1.807) is 36.4 Å². The maximum Gasteiger partial charge on any atom is 0.411 e. The molecule has 6 aromatic carbocycles. The average Bonchev–Trinajstić information content (AvgIpc) is 0.871. The van der Waals surface area contributed by atoms with Crippen molar-refractivity contribution >= 4 is 103 Å². The van der Waals surface area contributed by atoms with Gasteiger partial charge in [0.1, 0.15) is 70.2 Å². The van der Waals surface area contributed by atoms with E-state index in [1.807, 2.05) is 0 Å². The number of carbonyl (C=O) groups is 4. The van der Waals surface area contributed by atoms with Gasteiger partial charge < -0.3 is 40.1 Å². The minimum atomic E-state index is -4.76. The lowest BCUT2D eigenvalue weighted by atomic mass is 9.95. The highest BCUT2D eigenvalue weighted by atomic mass is 35.5. The molecule has 0 aliphatic carbocycles. The summed E-state index contributed by atoms with van der Waals surface area (Å²) in [6.45, 7) is -2.35. The van der Waals surface area contributed by atoms with Crippen molar-refractivity contribution < 1.29 is 91.5 Å². The number of nitrogens with zero attached hydrogens (tertiary/aromatic N) is 4. The van der Waals surface area contributed by atoms with Crippen LogP contribution >= 0.6 is 46.4 Å². The number of pyridine rings is 2. The molecule has 14 nitrogen and oxygen atoms in total. The number of hydrogen-bond acceptors (Lipinski definition) is 10. The molecule has 2 aliphatic rings. The van der Waals surface area contributed by atoms with E-state index in [2.05, 4.69) is 20.6 Å². The van der Waals surface area contributed by atoms with Gasteiger partial charge in [0.2, 0.25) is 0 Å². The number of fused-ring (bicyclic) bond motifs is 2. The van der Waals surface area contributed by atoms with Gasteiger partial charge in [-0.1, -0.05) is 82.8 Å². The number of carbonyl (C=O) groups excluding carboxylic acids is 2. The molecule has 472 valence electrons. The number of carboxylic acid groups (broad SMARTS) is 2.